The number of hydrogen-bond acceptors (Lipinski definition) is 3. The van der Waals surface area contributed by atoms with Gasteiger partial charge in [0, 0.05) is 16.3 Å². The lowest BCUT2D eigenvalue weighted by Gasteiger charge is -2.18. The van der Waals surface area contributed by atoms with Gasteiger partial charge in [-0.15, -0.1) is 0 Å². The van der Waals surface area contributed by atoms with Gasteiger partial charge in [-0.2, -0.15) is 0 Å². The maximum absolute atomic E-state index is 12.9. The number of carbonyl (C=O) groups excluding carboxylic acids is 3. The van der Waals surface area contributed by atoms with E-state index in [9.17, 15) is 14.4 Å². The topological polar surface area (TPSA) is 66.5 Å². The van der Waals surface area contributed by atoms with E-state index in [-0.39, 0.29) is 29.6 Å². The first-order valence-electron chi connectivity index (χ1n) is 9.57. The lowest BCUT2D eigenvalue weighted by Crippen LogP contribution is -2.31. The van der Waals surface area contributed by atoms with Gasteiger partial charge in [-0.25, -0.2) is 0 Å². The fraction of sp³-hybridized carbons (Fsp3) is 0.261. The highest BCUT2D eigenvalue weighted by atomic mass is 35.5. The van der Waals surface area contributed by atoms with Gasteiger partial charge in [0.15, 0.2) is 0 Å². The molecule has 0 spiro atoms. The minimum absolute atomic E-state index is 0.185. The molecule has 148 valence electrons. The highest BCUT2D eigenvalue weighted by Gasteiger charge is 2.48. The first-order valence-corrected chi connectivity index (χ1v) is 9.94. The summed E-state index contributed by atoms with van der Waals surface area (Å²) in [6, 6.07) is 11.9. The molecule has 0 radical (unpaired) electrons. The Morgan fingerprint density at radius 2 is 1.79 bits per heavy atom. The summed E-state index contributed by atoms with van der Waals surface area (Å²) in [5, 5.41) is 3.41. The molecular weight excluding hydrogens is 388 g/mol. The van der Waals surface area contributed by atoms with Crippen molar-refractivity contribution in [2.45, 2.75) is 26.7 Å². The number of benzene rings is 2. The van der Waals surface area contributed by atoms with Crippen molar-refractivity contribution < 1.29 is 14.4 Å². The van der Waals surface area contributed by atoms with E-state index in [1.807, 2.05) is 19.9 Å². The number of carbonyl (C=O) groups is 3. The first kappa shape index (κ1) is 19.4. The van der Waals surface area contributed by atoms with Crippen molar-refractivity contribution >= 4 is 40.7 Å². The average Bonchev–Trinajstić information content (AvgIpc) is 2.95. The van der Waals surface area contributed by atoms with Crippen LogP contribution in [-0.4, -0.2) is 17.7 Å². The van der Waals surface area contributed by atoms with Gasteiger partial charge < -0.3 is 5.32 Å². The third-order valence-electron chi connectivity index (χ3n) is 5.71. The van der Waals surface area contributed by atoms with Crippen LogP contribution in [0.25, 0.3) is 0 Å². The molecule has 2 atom stereocenters. The van der Waals surface area contributed by atoms with Gasteiger partial charge in [0.1, 0.15) is 0 Å². The number of hydrogen-bond donors (Lipinski definition) is 1. The molecule has 6 heteroatoms. The van der Waals surface area contributed by atoms with Crippen LogP contribution in [-0.2, 0) is 9.59 Å². The highest BCUT2D eigenvalue weighted by molar-refractivity contribution is 6.31. The van der Waals surface area contributed by atoms with Crippen LogP contribution in [0.5, 0.6) is 0 Å². The molecule has 29 heavy (non-hydrogen) atoms. The Morgan fingerprint density at radius 3 is 2.59 bits per heavy atom. The lowest BCUT2D eigenvalue weighted by molar-refractivity contribution is -0.122. The molecule has 0 unspecified atom stereocenters. The van der Waals surface area contributed by atoms with E-state index in [4.69, 9.17) is 11.6 Å². The molecule has 0 saturated carbocycles. The fourth-order valence-electron chi connectivity index (χ4n) is 4.02. The van der Waals surface area contributed by atoms with Crippen LogP contribution in [0, 0.1) is 18.8 Å². The molecule has 2 aromatic rings. The predicted octanol–water partition coefficient (Wildman–Crippen LogP) is 4.75. The fourth-order valence-corrected chi connectivity index (χ4v) is 4.19. The van der Waals surface area contributed by atoms with Gasteiger partial charge >= 0.3 is 0 Å². The Bertz CT molecular complexity index is 1060. The van der Waals surface area contributed by atoms with E-state index in [1.165, 1.54) is 4.90 Å². The zero-order valence-corrected chi connectivity index (χ0v) is 17.0. The number of fused-ring (bicyclic) bond motifs is 1. The lowest BCUT2D eigenvalue weighted by atomic mass is 9.82. The standard InChI is InChI=1S/C23H21ClN2O3/c1-13-9-10-17-18(11-13)23(29)26(22(17)28)16-6-3-5-15(12-16)21(27)25-20-8-4-7-19(24)14(20)2/h3-9,12,17-18H,10-11H2,1-2H3,(H,25,27)/t17-,18+/m0/s1. The first-order chi connectivity index (χ1) is 13.9. The number of anilines is 2. The summed E-state index contributed by atoms with van der Waals surface area (Å²) in [7, 11) is 0. The summed E-state index contributed by atoms with van der Waals surface area (Å²) in [6.07, 6.45) is 3.23. The molecule has 3 amide bonds. The zero-order valence-electron chi connectivity index (χ0n) is 16.2. The second kappa shape index (κ2) is 7.48. The van der Waals surface area contributed by atoms with Gasteiger partial charge in [-0.3, -0.25) is 19.3 Å². The smallest absolute Gasteiger partial charge is 0.255 e. The van der Waals surface area contributed by atoms with Crippen LogP contribution in [0.15, 0.2) is 54.1 Å². The van der Waals surface area contributed by atoms with Gasteiger partial charge in [0.25, 0.3) is 5.91 Å². The van der Waals surface area contributed by atoms with Gasteiger partial charge in [0.05, 0.1) is 17.5 Å². The van der Waals surface area contributed by atoms with Crippen molar-refractivity contribution in [1.82, 2.24) is 0 Å². The van der Waals surface area contributed by atoms with Crippen molar-refractivity contribution in [2.24, 2.45) is 11.8 Å². The number of rotatable bonds is 3. The zero-order chi connectivity index (χ0) is 20.7. The van der Waals surface area contributed by atoms with E-state index in [0.717, 1.165) is 11.1 Å². The molecule has 1 N–H and O–H groups in total. The number of halogens is 1. The average molecular weight is 409 g/mol. The Kier molecular flexibility index (Phi) is 5.01. The molecule has 1 saturated heterocycles. The van der Waals surface area contributed by atoms with Crippen LogP contribution in [0.2, 0.25) is 5.02 Å². The van der Waals surface area contributed by atoms with Crippen LogP contribution in [0.1, 0.15) is 35.7 Å². The third kappa shape index (κ3) is 3.47. The third-order valence-corrected chi connectivity index (χ3v) is 6.11. The van der Waals surface area contributed by atoms with Crippen LogP contribution >= 0.6 is 11.6 Å². The minimum Gasteiger partial charge on any atom is -0.322 e. The number of nitrogens with one attached hydrogen (secondary N) is 1. The van der Waals surface area contributed by atoms with Gasteiger partial charge in [0.2, 0.25) is 11.8 Å². The maximum atomic E-state index is 12.9. The molecule has 1 aliphatic heterocycles. The number of imide groups is 1. The summed E-state index contributed by atoms with van der Waals surface area (Å²) in [6.45, 7) is 3.81. The molecule has 0 bridgehead atoms. The van der Waals surface area contributed by atoms with Crippen molar-refractivity contribution in [3.8, 4) is 0 Å². The van der Waals surface area contributed by atoms with Crippen LogP contribution < -0.4 is 10.2 Å². The Hall–Kier alpha value is -2.92. The van der Waals surface area contributed by atoms with Gasteiger partial charge in [-0.1, -0.05) is 35.4 Å². The van der Waals surface area contributed by atoms with Crippen LogP contribution in [0.3, 0.4) is 0 Å². The van der Waals surface area contributed by atoms with E-state index < -0.39 is 0 Å². The Balaban J connectivity index is 1.59. The minimum atomic E-state index is -0.328. The second-order valence-corrected chi connectivity index (χ2v) is 8.04. The summed E-state index contributed by atoms with van der Waals surface area (Å²) in [5.74, 6) is -1.31. The normalized spacial score (nSPS) is 21.1. The summed E-state index contributed by atoms with van der Waals surface area (Å²) in [4.78, 5) is 39.8. The van der Waals surface area contributed by atoms with Gasteiger partial charge in [-0.05, 0) is 62.6 Å². The van der Waals surface area contributed by atoms with Crippen molar-refractivity contribution in [2.75, 3.05) is 10.2 Å². The largest absolute Gasteiger partial charge is 0.322 e. The monoisotopic (exact) mass is 408 g/mol. The number of nitrogens with zero attached hydrogens (tertiary/aromatic N) is 1. The molecule has 0 aromatic heterocycles. The Labute approximate surface area is 174 Å². The SMILES string of the molecule is CC1=CC[C@@H]2C(=O)N(c3cccc(C(=O)Nc4cccc(Cl)c4C)c3)C(=O)[C@@H]2C1. The molecular formula is C23H21ClN2O3. The summed E-state index contributed by atoms with van der Waals surface area (Å²) < 4.78 is 0. The molecule has 4 rings (SSSR count). The highest BCUT2D eigenvalue weighted by Crippen LogP contribution is 2.39. The molecule has 5 nitrogen and oxygen atoms in total. The van der Waals surface area contributed by atoms with Crippen molar-refractivity contribution in [3.63, 3.8) is 0 Å². The second-order valence-electron chi connectivity index (χ2n) is 7.63. The van der Waals surface area contributed by atoms with E-state index in [2.05, 4.69) is 5.32 Å². The van der Waals surface area contributed by atoms with E-state index in [1.54, 1.807) is 42.5 Å². The van der Waals surface area contributed by atoms with Crippen LogP contribution in [0.4, 0.5) is 11.4 Å². The summed E-state index contributed by atoms with van der Waals surface area (Å²) in [5.41, 5.74) is 3.33. The number of amides is 3. The molecule has 2 aromatic carbocycles. The molecule has 2 aliphatic rings. The number of allylic oxidation sites excluding steroid dienone is 2. The summed E-state index contributed by atoms with van der Waals surface area (Å²) >= 11 is 6.12. The quantitative estimate of drug-likeness (QED) is 0.588. The molecule has 1 fully saturated rings. The maximum Gasteiger partial charge on any atom is 0.255 e. The Morgan fingerprint density at radius 1 is 1.07 bits per heavy atom. The van der Waals surface area contributed by atoms with E-state index >= 15 is 0 Å². The van der Waals surface area contributed by atoms with Crippen molar-refractivity contribution in [1.29, 1.82) is 0 Å². The predicted molar refractivity (Wildman–Crippen MR) is 113 cm³/mol. The molecule has 1 heterocycles. The molecule has 1 aliphatic carbocycles. The van der Waals surface area contributed by atoms with Crippen molar-refractivity contribution in [3.05, 3.63) is 70.3 Å². The van der Waals surface area contributed by atoms with E-state index in [0.29, 0.717) is 34.8 Å².